The van der Waals surface area contributed by atoms with Gasteiger partial charge in [0.05, 0.1) is 35.3 Å². The van der Waals surface area contributed by atoms with Crippen molar-refractivity contribution in [2.45, 2.75) is 77.5 Å². The molecule has 1 aliphatic carbocycles. The summed E-state index contributed by atoms with van der Waals surface area (Å²) in [6, 6.07) is 6.14. The van der Waals surface area contributed by atoms with E-state index in [4.69, 9.17) is 26.4 Å². The predicted octanol–water partition coefficient (Wildman–Crippen LogP) is 4.92. The molecule has 2 aliphatic heterocycles. The zero-order chi connectivity index (χ0) is 32.3. The van der Waals surface area contributed by atoms with E-state index in [1.807, 2.05) is 40.0 Å². The van der Waals surface area contributed by atoms with E-state index in [9.17, 15) is 18.0 Å². The molecule has 1 aromatic carbocycles. The molecule has 3 fully saturated rings. The molecule has 6 rings (SSSR count). The van der Waals surface area contributed by atoms with Gasteiger partial charge < -0.3 is 19.9 Å². The van der Waals surface area contributed by atoms with E-state index >= 15 is 0 Å². The highest BCUT2D eigenvalue weighted by Crippen LogP contribution is 2.53. The molecular formula is C31H40ClN7O5S. The number of piperidine rings is 1. The van der Waals surface area contributed by atoms with Crippen LogP contribution in [0.1, 0.15) is 80.5 Å². The summed E-state index contributed by atoms with van der Waals surface area (Å²) in [6.45, 7) is 9.51. The molecule has 1 saturated carbocycles. The van der Waals surface area contributed by atoms with Crippen LogP contribution in [0.5, 0.6) is 0 Å². The summed E-state index contributed by atoms with van der Waals surface area (Å²) in [4.78, 5) is 35.5. The van der Waals surface area contributed by atoms with E-state index < -0.39 is 21.7 Å². The number of aryl methyl sites for hydroxylation is 1. The number of benzene rings is 1. The predicted molar refractivity (Wildman–Crippen MR) is 172 cm³/mol. The summed E-state index contributed by atoms with van der Waals surface area (Å²) in [6.07, 6.45) is 7.14. The minimum atomic E-state index is -3.61. The number of carbonyl (C=O) groups excluding carboxylic acids is 2. The zero-order valence-corrected chi connectivity index (χ0v) is 27.8. The molecule has 2 amide bonds. The maximum absolute atomic E-state index is 13.9. The largest absolute Gasteiger partial charge is 0.444 e. The van der Waals surface area contributed by atoms with Crippen molar-refractivity contribution in [3.8, 4) is 0 Å². The Bertz CT molecular complexity index is 1770. The molecule has 45 heavy (non-hydrogen) atoms. The molecule has 242 valence electrons. The van der Waals surface area contributed by atoms with E-state index in [1.165, 1.54) is 12.1 Å². The van der Waals surface area contributed by atoms with Gasteiger partial charge in [-0.1, -0.05) is 11.6 Å². The Labute approximate surface area is 268 Å². The maximum Gasteiger partial charge on any atom is 0.407 e. The molecule has 2 saturated heterocycles. The number of hydrogen-bond acceptors (Lipinski definition) is 8. The van der Waals surface area contributed by atoms with Crippen LogP contribution in [0.4, 0.5) is 16.3 Å². The number of sulfonamides is 1. The lowest BCUT2D eigenvalue weighted by Crippen LogP contribution is -2.44. The fourth-order valence-corrected chi connectivity index (χ4v) is 7.32. The smallest absolute Gasteiger partial charge is 0.407 e. The number of alkyl carbamates (subject to hydrolysis) is 1. The standard InChI is InChI=1S/C31H40ClN7O5S/c1-19-16-39-26(34-27(19)37-17-25(31(18-37)11-12-31)33-29(41)44-30(2,3)4)15-23(35-39)24-8-6-7-13-38(24)28(40)21-14-20(32)9-10-22(21)36-45(5,42)43/h9-10,14-16,24-25,36H,6-8,11-13,17-18H2,1-5H3,(H,33,41)/t24-,25+/m0/s1. The maximum atomic E-state index is 13.9. The Balaban J connectivity index is 1.26. The third kappa shape index (κ3) is 6.69. The number of anilines is 2. The SMILES string of the molecule is Cc1cn2nc([C@@H]3CCCCN3C(=O)c3cc(Cl)ccc3NS(C)(=O)=O)cc2nc1N1C[C@@H](NC(=O)OC(C)(C)C)C2(CC2)C1. The van der Waals surface area contributed by atoms with E-state index in [1.54, 1.807) is 15.5 Å². The highest BCUT2D eigenvalue weighted by atomic mass is 35.5. The second-order valence-electron chi connectivity index (χ2n) is 13.6. The van der Waals surface area contributed by atoms with Gasteiger partial charge in [-0.05, 0) is 78.0 Å². The highest BCUT2D eigenvalue weighted by Gasteiger charge is 2.56. The number of likely N-dealkylation sites (tertiary alicyclic amines) is 1. The Morgan fingerprint density at radius 3 is 2.60 bits per heavy atom. The van der Waals surface area contributed by atoms with Crippen molar-refractivity contribution in [3.05, 3.63) is 52.3 Å². The molecule has 2 N–H and O–H groups in total. The number of carbonyl (C=O) groups is 2. The Morgan fingerprint density at radius 2 is 1.91 bits per heavy atom. The molecule has 12 nitrogen and oxygen atoms in total. The average Bonchev–Trinajstić information content (AvgIpc) is 3.47. The van der Waals surface area contributed by atoms with Gasteiger partial charge in [-0.15, -0.1) is 0 Å². The summed E-state index contributed by atoms with van der Waals surface area (Å²) >= 11 is 6.24. The summed E-state index contributed by atoms with van der Waals surface area (Å²) in [5.41, 5.74) is 2.18. The van der Waals surface area contributed by atoms with Gasteiger partial charge in [-0.25, -0.2) is 22.7 Å². The van der Waals surface area contributed by atoms with Crippen LogP contribution in [0, 0.1) is 12.3 Å². The first kappa shape index (κ1) is 31.4. The number of nitrogens with zero attached hydrogens (tertiary/aromatic N) is 5. The van der Waals surface area contributed by atoms with Crippen LogP contribution in [0.15, 0.2) is 30.5 Å². The van der Waals surface area contributed by atoms with E-state index in [0.29, 0.717) is 30.2 Å². The second-order valence-corrected chi connectivity index (χ2v) is 15.8. The monoisotopic (exact) mass is 657 g/mol. The van der Waals surface area contributed by atoms with Crippen molar-refractivity contribution < 1.29 is 22.7 Å². The van der Waals surface area contributed by atoms with Gasteiger partial charge in [0.15, 0.2) is 5.65 Å². The van der Waals surface area contributed by atoms with E-state index in [2.05, 4.69) is 14.9 Å². The van der Waals surface area contributed by atoms with Crippen molar-refractivity contribution in [3.63, 3.8) is 0 Å². The minimum Gasteiger partial charge on any atom is -0.444 e. The first-order chi connectivity index (χ1) is 21.1. The molecule has 0 unspecified atom stereocenters. The lowest BCUT2D eigenvalue weighted by molar-refractivity contribution is 0.0493. The fraction of sp³-hybridized carbons (Fsp3) is 0.548. The van der Waals surface area contributed by atoms with Crippen LogP contribution in [0.2, 0.25) is 5.02 Å². The van der Waals surface area contributed by atoms with Crippen LogP contribution in [-0.4, -0.2) is 77.4 Å². The van der Waals surface area contributed by atoms with Crippen molar-refractivity contribution in [2.24, 2.45) is 5.41 Å². The zero-order valence-electron chi connectivity index (χ0n) is 26.3. The van der Waals surface area contributed by atoms with Gasteiger partial charge in [0, 0.05) is 47.9 Å². The highest BCUT2D eigenvalue weighted by molar-refractivity contribution is 7.92. The molecule has 2 aromatic heterocycles. The first-order valence-electron chi connectivity index (χ1n) is 15.3. The summed E-state index contributed by atoms with van der Waals surface area (Å²) in [5, 5.41) is 8.30. The second kappa shape index (κ2) is 11.3. The molecule has 3 aromatic rings. The fourth-order valence-electron chi connectivity index (χ4n) is 6.57. The topological polar surface area (TPSA) is 138 Å². The Hall–Kier alpha value is -3.58. The van der Waals surface area contributed by atoms with Crippen molar-refractivity contribution in [2.75, 3.05) is 35.5 Å². The number of ether oxygens (including phenoxy) is 1. The van der Waals surface area contributed by atoms with E-state index in [-0.39, 0.29) is 34.7 Å². The molecule has 1 spiro atoms. The molecule has 3 aliphatic rings. The minimum absolute atomic E-state index is 0.0245. The summed E-state index contributed by atoms with van der Waals surface area (Å²) < 4.78 is 33.7. The average molecular weight is 658 g/mol. The van der Waals surface area contributed by atoms with Crippen molar-refractivity contribution in [1.29, 1.82) is 0 Å². The number of amides is 2. The summed E-state index contributed by atoms with van der Waals surface area (Å²) in [5.74, 6) is 0.534. The number of aromatic nitrogens is 3. The van der Waals surface area contributed by atoms with Gasteiger partial charge in [0.25, 0.3) is 5.91 Å². The Morgan fingerprint density at radius 1 is 1.16 bits per heavy atom. The molecule has 0 radical (unpaired) electrons. The van der Waals surface area contributed by atoms with Gasteiger partial charge in [0.1, 0.15) is 11.4 Å². The lowest BCUT2D eigenvalue weighted by atomic mass is 9.98. The van der Waals surface area contributed by atoms with Gasteiger partial charge in [-0.3, -0.25) is 9.52 Å². The van der Waals surface area contributed by atoms with E-state index in [0.717, 1.165) is 55.6 Å². The molecule has 4 heterocycles. The Kier molecular flexibility index (Phi) is 7.91. The molecular weight excluding hydrogens is 618 g/mol. The van der Waals surface area contributed by atoms with Crippen molar-refractivity contribution in [1.82, 2.24) is 24.8 Å². The summed E-state index contributed by atoms with van der Waals surface area (Å²) in [7, 11) is -3.61. The van der Waals surface area contributed by atoms with Gasteiger partial charge in [-0.2, -0.15) is 5.10 Å². The number of halogens is 1. The molecule has 0 bridgehead atoms. The third-order valence-electron chi connectivity index (χ3n) is 8.77. The van der Waals surface area contributed by atoms with Crippen molar-refractivity contribution >= 4 is 50.8 Å². The quantitative estimate of drug-likeness (QED) is 0.381. The van der Waals surface area contributed by atoms with Crippen LogP contribution < -0.4 is 14.9 Å². The molecule has 2 atom stereocenters. The molecule has 14 heteroatoms. The third-order valence-corrected chi connectivity index (χ3v) is 9.59. The first-order valence-corrected chi connectivity index (χ1v) is 17.6. The van der Waals surface area contributed by atoms with Crippen LogP contribution in [-0.2, 0) is 14.8 Å². The lowest BCUT2D eigenvalue weighted by Gasteiger charge is -2.35. The van der Waals surface area contributed by atoms with Gasteiger partial charge >= 0.3 is 6.09 Å². The normalized spacial score (nSPS) is 21.3. The number of fused-ring (bicyclic) bond motifs is 1. The number of rotatable bonds is 6. The number of nitrogens with one attached hydrogen (secondary N) is 2. The number of hydrogen-bond donors (Lipinski definition) is 2. The van der Waals surface area contributed by atoms with Gasteiger partial charge in [0.2, 0.25) is 10.0 Å². The van der Waals surface area contributed by atoms with Crippen LogP contribution >= 0.6 is 11.6 Å². The van der Waals surface area contributed by atoms with Crippen LogP contribution in [0.25, 0.3) is 5.65 Å². The van der Waals surface area contributed by atoms with Crippen LogP contribution in [0.3, 0.4) is 0 Å².